The zero-order valence-electron chi connectivity index (χ0n) is 16.0. The van der Waals surface area contributed by atoms with Gasteiger partial charge in [0.15, 0.2) is 11.5 Å². The summed E-state index contributed by atoms with van der Waals surface area (Å²) in [6, 6.07) is 2.85. The molecule has 7 nitrogen and oxygen atoms in total. The average Bonchev–Trinajstić information content (AvgIpc) is 3.21. The molecule has 2 heterocycles. The number of hydrogen-bond donors (Lipinski definition) is 0. The lowest BCUT2D eigenvalue weighted by Crippen LogP contribution is -2.50. The van der Waals surface area contributed by atoms with E-state index in [1.807, 2.05) is 4.90 Å². The van der Waals surface area contributed by atoms with Crippen LogP contribution in [0, 0.1) is 0 Å². The number of hydrogen-bond acceptors (Lipinski definition) is 6. The first-order valence-corrected chi connectivity index (χ1v) is 10.2. The molecule has 0 spiro atoms. The number of piperidine rings is 1. The van der Waals surface area contributed by atoms with E-state index in [-0.39, 0.29) is 11.8 Å². The van der Waals surface area contributed by atoms with Crippen LogP contribution >= 0.6 is 11.8 Å². The van der Waals surface area contributed by atoms with Gasteiger partial charge in [0.1, 0.15) is 6.04 Å². The van der Waals surface area contributed by atoms with Crippen molar-refractivity contribution in [3.63, 3.8) is 0 Å². The Kier molecular flexibility index (Phi) is 6.36. The summed E-state index contributed by atoms with van der Waals surface area (Å²) < 4.78 is 16.0. The summed E-state index contributed by atoms with van der Waals surface area (Å²) in [5.41, 5.74) is 0.420. The van der Waals surface area contributed by atoms with Gasteiger partial charge in [-0.2, -0.15) is 0 Å². The molecule has 1 aromatic rings. The second-order valence-electron chi connectivity index (χ2n) is 6.59. The number of nitrogens with zero attached hydrogens (tertiary/aromatic N) is 2. The molecule has 2 fully saturated rings. The number of rotatable bonds is 5. The Morgan fingerprint density at radius 3 is 2.19 bits per heavy atom. The Balaban J connectivity index is 1.84. The van der Waals surface area contributed by atoms with Crippen LogP contribution in [0.2, 0.25) is 0 Å². The van der Waals surface area contributed by atoms with Gasteiger partial charge >= 0.3 is 0 Å². The van der Waals surface area contributed by atoms with Crippen molar-refractivity contribution in [3.05, 3.63) is 17.7 Å². The maximum Gasteiger partial charge on any atom is 0.255 e. The first-order valence-electron chi connectivity index (χ1n) is 9.08. The Bertz CT molecular complexity index is 680. The predicted molar refractivity (Wildman–Crippen MR) is 104 cm³/mol. The Labute approximate surface area is 163 Å². The fourth-order valence-corrected chi connectivity index (χ4v) is 4.69. The topological polar surface area (TPSA) is 68.3 Å². The van der Waals surface area contributed by atoms with Crippen LogP contribution in [0.15, 0.2) is 12.1 Å². The predicted octanol–water partition coefficient (Wildman–Crippen LogP) is 2.24. The monoisotopic (exact) mass is 394 g/mol. The van der Waals surface area contributed by atoms with Crippen molar-refractivity contribution in [2.45, 2.75) is 25.3 Å². The van der Waals surface area contributed by atoms with Crippen molar-refractivity contribution >= 4 is 23.6 Å². The maximum atomic E-state index is 13.2. The molecule has 2 amide bonds. The van der Waals surface area contributed by atoms with Crippen molar-refractivity contribution in [2.75, 3.05) is 46.0 Å². The quantitative estimate of drug-likeness (QED) is 0.763. The second-order valence-corrected chi connectivity index (χ2v) is 7.59. The summed E-state index contributed by atoms with van der Waals surface area (Å²) >= 11 is 1.60. The number of methoxy groups -OCH3 is 3. The fraction of sp³-hybridized carbons (Fsp3) is 0.579. The first kappa shape index (κ1) is 19.7. The van der Waals surface area contributed by atoms with Crippen LogP contribution in [0.4, 0.5) is 0 Å². The number of thioether (sulfide) groups is 1. The molecule has 0 saturated carbocycles. The summed E-state index contributed by atoms with van der Waals surface area (Å²) in [7, 11) is 4.55. The number of carbonyl (C=O) groups is 2. The van der Waals surface area contributed by atoms with Crippen molar-refractivity contribution in [1.82, 2.24) is 9.80 Å². The average molecular weight is 394 g/mol. The van der Waals surface area contributed by atoms with E-state index in [9.17, 15) is 9.59 Å². The summed E-state index contributed by atoms with van der Waals surface area (Å²) in [4.78, 5) is 29.7. The lowest BCUT2D eigenvalue weighted by Gasteiger charge is -2.32. The van der Waals surface area contributed by atoms with Crippen molar-refractivity contribution in [1.29, 1.82) is 0 Å². The normalized spacial score (nSPS) is 19.7. The molecule has 0 radical (unpaired) electrons. The van der Waals surface area contributed by atoms with Gasteiger partial charge in [-0.3, -0.25) is 9.59 Å². The third-order valence-corrected chi connectivity index (χ3v) is 6.02. The molecule has 1 atom stereocenters. The highest BCUT2D eigenvalue weighted by molar-refractivity contribution is 7.99. The second kappa shape index (κ2) is 8.73. The minimum absolute atomic E-state index is 0.0560. The Morgan fingerprint density at radius 1 is 1.00 bits per heavy atom. The van der Waals surface area contributed by atoms with Crippen LogP contribution in [0.1, 0.15) is 29.6 Å². The van der Waals surface area contributed by atoms with Crippen LogP contribution in [-0.4, -0.2) is 73.7 Å². The molecule has 0 aromatic heterocycles. The molecule has 148 valence electrons. The molecule has 1 unspecified atom stereocenters. The van der Waals surface area contributed by atoms with Gasteiger partial charge in [-0.05, 0) is 31.4 Å². The lowest BCUT2D eigenvalue weighted by atomic mass is 10.1. The van der Waals surface area contributed by atoms with E-state index >= 15 is 0 Å². The minimum atomic E-state index is -0.417. The molecule has 0 aliphatic carbocycles. The van der Waals surface area contributed by atoms with Gasteiger partial charge in [0.2, 0.25) is 11.7 Å². The Hall–Kier alpha value is -2.09. The highest BCUT2D eigenvalue weighted by Gasteiger charge is 2.38. The molecule has 27 heavy (non-hydrogen) atoms. The molecular formula is C19H26N2O5S. The fourth-order valence-electron chi connectivity index (χ4n) is 3.54. The molecule has 8 heteroatoms. The number of carbonyl (C=O) groups excluding carboxylic acids is 2. The van der Waals surface area contributed by atoms with Gasteiger partial charge < -0.3 is 24.0 Å². The first-order chi connectivity index (χ1) is 13.1. The van der Waals surface area contributed by atoms with Crippen LogP contribution in [0.25, 0.3) is 0 Å². The van der Waals surface area contributed by atoms with Crippen LogP contribution in [0.5, 0.6) is 17.2 Å². The highest BCUT2D eigenvalue weighted by Crippen LogP contribution is 2.39. The summed E-state index contributed by atoms with van der Waals surface area (Å²) in [6.45, 7) is 1.57. The summed E-state index contributed by atoms with van der Waals surface area (Å²) in [5, 5.41) is 0. The molecule has 1 aromatic carbocycles. The number of likely N-dealkylation sites (tertiary alicyclic amines) is 1. The smallest absolute Gasteiger partial charge is 0.255 e. The molecule has 2 aliphatic heterocycles. The van der Waals surface area contributed by atoms with Gasteiger partial charge in [-0.25, -0.2) is 0 Å². The number of ether oxygens (including phenoxy) is 3. The lowest BCUT2D eigenvalue weighted by molar-refractivity contribution is -0.135. The summed E-state index contributed by atoms with van der Waals surface area (Å²) in [5.74, 6) is 2.27. The standard InChI is InChI=1S/C19H26N2O5S/c1-24-15-9-13(10-16(25-2)17(15)26-3)18(22)21-12-27-11-14(21)19(23)20-7-5-4-6-8-20/h9-10,14H,4-8,11-12H2,1-3H3. The number of benzene rings is 1. The molecule has 0 bridgehead atoms. The van der Waals surface area contributed by atoms with Crippen molar-refractivity contribution in [3.8, 4) is 17.2 Å². The van der Waals surface area contributed by atoms with Gasteiger partial charge in [0.25, 0.3) is 5.91 Å². The summed E-state index contributed by atoms with van der Waals surface area (Å²) in [6.07, 6.45) is 3.23. The van der Waals surface area contributed by atoms with E-state index in [1.165, 1.54) is 21.3 Å². The third kappa shape index (κ3) is 3.95. The Morgan fingerprint density at radius 2 is 1.63 bits per heavy atom. The van der Waals surface area contributed by atoms with Gasteiger partial charge in [-0.1, -0.05) is 0 Å². The number of amides is 2. The van der Waals surface area contributed by atoms with Crippen LogP contribution < -0.4 is 14.2 Å². The molecular weight excluding hydrogens is 368 g/mol. The minimum Gasteiger partial charge on any atom is -0.493 e. The van der Waals surface area contributed by atoms with Gasteiger partial charge in [0, 0.05) is 24.4 Å². The van der Waals surface area contributed by atoms with E-state index in [2.05, 4.69) is 0 Å². The van der Waals surface area contributed by atoms with E-state index in [0.717, 1.165) is 32.4 Å². The third-order valence-electron chi connectivity index (χ3n) is 5.01. The molecule has 2 aliphatic rings. The van der Waals surface area contributed by atoms with Crippen molar-refractivity contribution < 1.29 is 23.8 Å². The van der Waals surface area contributed by atoms with E-state index in [0.29, 0.717) is 34.4 Å². The zero-order chi connectivity index (χ0) is 19.4. The van der Waals surface area contributed by atoms with E-state index in [4.69, 9.17) is 14.2 Å². The SMILES string of the molecule is COc1cc(C(=O)N2CSCC2C(=O)N2CCCCC2)cc(OC)c1OC. The molecule has 3 rings (SSSR count). The van der Waals surface area contributed by atoms with E-state index in [1.54, 1.807) is 28.8 Å². The molecule has 0 N–H and O–H groups in total. The maximum absolute atomic E-state index is 13.2. The zero-order valence-corrected chi connectivity index (χ0v) is 16.8. The van der Waals surface area contributed by atoms with Crippen LogP contribution in [-0.2, 0) is 4.79 Å². The van der Waals surface area contributed by atoms with Crippen molar-refractivity contribution in [2.24, 2.45) is 0 Å². The van der Waals surface area contributed by atoms with Gasteiger partial charge in [0.05, 0.1) is 27.2 Å². The largest absolute Gasteiger partial charge is 0.493 e. The van der Waals surface area contributed by atoms with E-state index < -0.39 is 6.04 Å². The molecule has 2 saturated heterocycles. The highest BCUT2D eigenvalue weighted by atomic mass is 32.2. The van der Waals surface area contributed by atoms with Gasteiger partial charge in [-0.15, -0.1) is 11.8 Å². The van der Waals surface area contributed by atoms with Crippen LogP contribution in [0.3, 0.4) is 0 Å².